The molecule has 4 nitrogen and oxygen atoms in total. The van der Waals surface area contributed by atoms with Gasteiger partial charge >= 0.3 is 0 Å². The van der Waals surface area contributed by atoms with Crippen LogP contribution in [0.2, 0.25) is 0 Å². The van der Waals surface area contributed by atoms with Gasteiger partial charge in [0.15, 0.2) is 23.0 Å². The van der Waals surface area contributed by atoms with Crippen LogP contribution in [0.25, 0.3) is 0 Å². The molecule has 0 amide bonds. The number of benzene rings is 2. The molecule has 0 saturated carbocycles. The molecule has 2 N–H and O–H groups in total. The second kappa shape index (κ2) is 6.27. The maximum atomic E-state index is 10.2. The Hall–Kier alpha value is -2.36. The second-order valence-electron chi connectivity index (χ2n) is 6.67. The van der Waals surface area contributed by atoms with Crippen LogP contribution in [0.3, 0.4) is 0 Å². The van der Waals surface area contributed by atoms with Gasteiger partial charge in [-0.2, -0.15) is 0 Å². The lowest BCUT2D eigenvalue weighted by Crippen LogP contribution is -2.26. The van der Waals surface area contributed by atoms with Gasteiger partial charge in [-0.1, -0.05) is 19.9 Å². The monoisotopic (exact) mass is 328 g/mol. The summed E-state index contributed by atoms with van der Waals surface area (Å²) in [5.41, 5.74) is 3.40. The third-order valence-electron chi connectivity index (χ3n) is 5.30. The quantitative estimate of drug-likeness (QED) is 0.891. The van der Waals surface area contributed by atoms with Gasteiger partial charge in [-0.25, -0.2) is 0 Å². The van der Waals surface area contributed by atoms with Crippen molar-refractivity contribution >= 4 is 0 Å². The fraction of sp³-hybridized carbons (Fsp3) is 0.400. The van der Waals surface area contributed by atoms with Crippen molar-refractivity contribution in [1.82, 2.24) is 0 Å². The molecule has 0 heterocycles. The largest absolute Gasteiger partial charge is 0.504 e. The van der Waals surface area contributed by atoms with E-state index in [1.54, 1.807) is 20.3 Å². The van der Waals surface area contributed by atoms with Gasteiger partial charge in [-0.15, -0.1) is 0 Å². The first-order valence-corrected chi connectivity index (χ1v) is 8.23. The van der Waals surface area contributed by atoms with Crippen LogP contribution in [0.5, 0.6) is 23.0 Å². The van der Waals surface area contributed by atoms with Gasteiger partial charge in [0.2, 0.25) is 0 Å². The molecule has 4 heteroatoms. The number of hydrogen-bond donors (Lipinski definition) is 2. The predicted octanol–water partition coefficient (Wildman–Crippen LogP) is 4.08. The van der Waals surface area contributed by atoms with Gasteiger partial charge in [0, 0.05) is 5.92 Å². The number of methoxy groups -OCH3 is 2. The fourth-order valence-electron chi connectivity index (χ4n) is 3.77. The summed E-state index contributed by atoms with van der Waals surface area (Å²) < 4.78 is 10.5. The van der Waals surface area contributed by atoms with Crippen molar-refractivity contribution in [3.8, 4) is 23.0 Å². The molecule has 0 saturated heterocycles. The Morgan fingerprint density at radius 2 is 1.58 bits per heavy atom. The second-order valence-corrected chi connectivity index (χ2v) is 6.67. The number of fused-ring (bicyclic) bond motifs is 1. The minimum Gasteiger partial charge on any atom is -0.504 e. The molecule has 24 heavy (non-hydrogen) atoms. The molecule has 2 aromatic rings. The van der Waals surface area contributed by atoms with Gasteiger partial charge in [0.1, 0.15) is 0 Å². The normalized spacial score (nSPS) is 22.8. The Bertz CT molecular complexity index is 754. The molecule has 0 radical (unpaired) electrons. The summed E-state index contributed by atoms with van der Waals surface area (Å²) in [6, 6.07) is 9.25. The van der Waals surface area contributed by atoms with E-state index in [0.717, 1.165) is 17.5 Å². The molecular formula is C20H24O4. The van der Waals surface area contributed by atoms with Crippen LogP contribution >= 0.6 is 0 Å². The lowest BCUT2D eigenvalue weighted by atomic mass is 9.68. The number of rotatable bonds is 3. The lowest BCUT2D eigenvalue weighted by Gasteiger charge is -2.37. The standard InChI is InChI=1S/C20H24O4/c1-11-7-14-9-19(24-4)17(22)10-15(14)20(12(11)2)13-5-6-16(21)18(8-13)23-3/h5-6,8-12,20-22H,7H2,1-4H3/t11-,12+,20-/m0/s1. The van der Waals surface area contributed by atoms with Gasteiger partial charge < -0.3 is 19.7 Å². The highest BCUT2D eigenvalue weighted by Gasteiger charge is 2.34. The summed E-state index contributed by atoms with van der Waals surface area (Å²) in [5.74, 6) is 2.31. The summed E-state index contributed by atoms with van der Waals surface area (Å²) >= 11 is 0. The highest BCUT2D eigenvalue weighted by atomic mass is 16.5. The van der Waals surface area contributed by atoms with E-state index in [-0.39, 0.29) is 17.4 Å². The molecule has 1 aliphatic rings. The molecular weight excluding hydrogens is 304 g/mol. The zero-order valence-electron chi connectivity index (χ0n) is 14.5. The highest BCUT2D eigenvalue weighted by Crippen LogP contribution is 2.47. The number of phenolic OH excluding ortho intramolecular Hbond substituents is 2. The SMILES string of the molecule is COc1cc([C@H]2c3cc(O)c(OC)cc3C[C@H](C)[C@H]2C)ccc1O. The van der Waals surface area contributed by atoms with Crippen LogP contribution in [-0.4, -0.2) is 24.4 Å². The molecule has 3 atom stereocenters. The lowest BCUT2D eigenvalue weighted by molar-refractivity contribution is 0.319. The Morgan fingerprint density at radius 1 is 0.917 bits per heavy atom. The summed E-state index contributed by atoms with van der Waals surface area (Å²) in [5, 5.41) is 20.1. The van der Waals surface area contributed by atoms with Crippen molar-refractivity contribution in [2.24, 2.45) is 11.8 Å². The molecule has 0 aliphatic heterocycles. The van der Waals surface area contributed by atoms with Crippen molar-refractivity contribution in [2.75, 3.05) is 14.2 Å². The molecule has 0 unspecified atom stereocenters. The summed E-state index contributed by atoms with van der Waals surface area (Å²) in [7, 11) is 3.12. The Kier molecular flexibility index (Phi) is 4.31. The number of hydrogen-bond acceptors (Lipinski definition) is 4. The zero-order chi connectivity index (χ0) is 17.4. The van der Waals surface area contributed by atoms with Crippen LogP contribution in [0, 0.1) is 11.8 Å². The van der Waals surface area contributed by atoms with Crippen LogP contribution in [0.1, 0.15) is 36.5 Å². The molecule has 0 fully saturated rings. The average molecular weight is 328 g/mol. The third kappa shape index (κ3) is 2.66. The molecule has 1 aliphatic carbocycles. The maximum Gasteiger partial charge on any atom is 0.160 e. The van der Waals surface area contributed by atoms with Gasteiger partial charge in [0.05, 0.1) is 14.2 Å². The van der Waals surface area contributed by atoms with E-state index < -0.39 is 0 Å². The summed E-state index contributed by atoms with van der Waals surface area (Å²) in [6.45, 7) is 4.48. The predicted molar refractivity (Wildman–Crippen MR) is 93.2 cm³/mol. The van der Waals surface area contributed by atoms with Crippen molar-refractivity contribution in [3.05, 3.63) is 47.0 Å². The number of aromatic hydroxyl groups is 2. The smallest absolute Gasteiger partial charge is 0.160 e. The van der Waals surface area contributed by atoms with E-state index in [1.807, 2.05) is 24.3 Å². The van der Waals surface area contributed by atoms with E-state index in [9.17, 15) is 10.2 Å². The van der Waals surface area contributed by atoms with Crippen molar-refractivity contribution in [3.63, 3.8) is 0 Å². The molecule has 0 bridgehead atoms. The molecule has 0 spiro atoms. The van der Waals surface area contributed by atoms with E-state index >= 15 is 0 Å². The first-order valence-electron chi connectivity index (χ1n) is 8.23. The highest BCUT2D eigenvalue weighted by molar-refractivity contribution is 5.53. The van der Waals surface area contributed by atoms with E-state index in [2.05, 4.69) is 13.8 Å². The topological polar surface area (TPSA) is 58.9 Å². The van der Waals surface area contributed by atoms with Crippen molar-refractivity contribution < 1.29 is 19.7 Å². The van der Waals surface area contributed by atoms with E-state index in [1.165, 1.54) is 5.56 Å². The molecule has 128 valence electrons. The van der Waals surface area contributed by atoms with Crippen LogP contribution in [-0.2, 0) is 6.42 Å². The van der Waals surface area contributed by atoms with Crippen LogP contribution in [0.4, 0.5) is 0 Å². The number of ether oxygens (including phenoxy) is 2. The van der Waals surface area contributed by atoms with E-state index in [0.29, 0.717) is 23.3 Å². The Balaban J connectivity index is 2.15. The minimum absolute atomic E-state index is 0.134. The molecule has 3 rings (SSSR count). The minimum atomic E-state index is 0.134. The average Bonchev–Trinajstić information content (AvgIpc) is 2.57. The van der Waals surface area contributed by atoms with Gasteiger partial charge in [0.25, 0.3) is 0 Å². The zero-order valence-corrected chi connectivity index (χ0v) is 14.5. The van der Waals surface area contributed by atoms with Gasteiger partial charge in [-0.3, -0.25) is 0 Å². The van der Waals surface area contributed by atoms with Crippen molar-refractivity contribution in [2.45, 2.75) is 26.2 Å². The number of phenols is 2. The van der Waals surface area contributed by atoms with Crippen LogP contribution in [0.15, 0.2) is 30.3 Å². The molecule has 2 aromatic carbocycles. The fourth-order valence-corrected chi connectivity index (χ4v) is 3.77. The Labute approximate surface area is 142 Å². The van der Waals surface area contributed by atoms with Crippen molar-refractivity contribution in [1.29, 1.82) is 0 Å². The summed E-state index contributed by atoms with van der Waals surface area (Å²) in [4.78, 5) is 0. The molecule has 0 aromatic heterocycles. The third-order valence-corrected chi connectivity index (χ3v) is 5.30. The van der Waals surface area contributed by atoms with Crippen LogP contribution < -0.4 is 9.47 Å². The summed E-state index contributed by atoms with van der Waals surface area (Å²) in [6.07, 6.45) is 0.957. The first kappa shape index (κ1) is 16.5. The van der Waals surface area contributed by atoms with Gasteiger partial charge in [-0.05, 0) is 59.2 Å². The first-order chi connectivity index (χ1) is 11.5. The Morgan fingerprint density at radius 3 is 2.25 bits per heavy atom. The van der Waals surface area contributed by atoms with E-state index in [4.69, 9.17) is 9.47 Å². The maximum absolute atomic E-state index is 10.2.